The third kappa shape index (κ3) is 3.47. The highest BCUT2D eigenvalue weighted by atomic mass is 19.1. The number of likely N-dealkylation sites (tertiary alicyclic amines) is 1. The molecule has 3 heterocycles. The van der Waals surface area contributed by atoms with Crippen LogP contribution in [0.1, 0.15) is 18.9 Å². The van der Waals surface area contributed by atoms with E-state index < -0.39 is 6.09 Å². The lowest BCUT2D eigenvalue weighted by molar-refractivity contribution is 0.0925. The van der Waals surface area contributed by atoms with Crippen molar-refractivity contribution in [3.63, 3.8) is 0 Å². The monoisotopic (exact) mass is 410 g/mol. The summed E-state index contributed by atoms with van der Waals surface area (Å²) in [6.45, 7) is 2.77. The molecule has 2 saturated heterocycles. The Kier molecular flexibility index (Phi) is 4.78. The van der Waals surface area contributed by atoms with Crippen molar-refractivity contribution in [2.24, 2.45) is 0 Å². The van der Waals surface area contributed by atoms with Gasteiger partial charge in [0.1, 0.15) is 11.9 Å². The molecule has 0 aliphatic carbocycles. The number of amides is 1. The highest BCUT2D eigenvalue weighted by Crippen LogP contribution is 2.27. The van der Waals surface area contributed by atoms with Gasteiger partial charge in [-0.1, -0.05) is 12.1 Å². The summed E-state index contributed by atoms with van der Waals surface area (Å²) in [5.74, 6) is -0.333. The van der Waals surface area contributed by atoms with E-state index in [-0.39, 0.29) is 23.7 Å². The minimum atomic E-state index is -0.396. The molecule has 1 atom stereocenters. The number of halogens is 1. The Morgan fingerprint density at radius 3 is 2.53 bits per heavy atom. The van der Waals surface area contributed by atoms with Gasteiger partial charge in [0.15, 0.2) is 0 Å². The molecule has 156 valence electrons. The number of H-pyrrole nitrogens is 1. The largest absolute Gasteiger partial charge is 0.443 e. The van der Waals surface area contributed by atoms with Gasteiger partial charge in [0.25, 0.3) is 0 Å². The fourth-order valence-electron chi connectivity index (χ4n) is 4.53. The third-order valence-electron chi connectivity index (χ3n) is 6.02. The van der Waals surface area contributed by atoms with Crippen molar-refractivity contribution < 1.29 is 13.9 Å². The summed E-state index contributed by atoms with van der Waals surface area (Å²) >= 11 is 0. The second kappa shape index (κ2) is 7.60. The number of imidazole rings is 1. The van der Waals surface area contributed by atoms with Gasteiger partial charge in [0.05, 0.1) is 17.6 Å². The molecule has 5 rings (SSSR count). The van der Waals surface area contributed by atoms with Crippen LogP contribution in [0.15, 0.2) is 53.3 Å². The number of ether oxygens (including phenoxy) is 1. The van der Waals surface area contributed by atoms with E-state index in [1.165, 1.54) is 12.1 Å². The van der Waals surface area contributed by atoms with Gasteiger partial charge < -0.3 is 9.72 Å². The minimum absolute atomic E-state index is 0.0608. The van der Waals surface area contributed by atoms with Crippen LogP contribution in [0.3, 0.4) is 0 Å². The summed E-state index contributed by atoms with van der Waals surface area (Å²) in [7, 11) is 0. The molecule has 2 aliphatic rings. The smallest absolute Gasteiger partial charge is 0.414 e. The number of carbonyl (C=O) groups is 1. The fourth-order valence-corrected chi connectivity index (χ4v) is 4.53. The van der Waals surface area contributed by atoms with Crippen LogP contribution in [0.4, 0.5) is 14.9 Å². The molecule has 8 heteroatoms. The number of rotatable bonds is 4. The Hall–Kier alpha value is -3.13. The quantitative estimate of drug-likeness (QED) is 0.718. The Morgan fingerprint density at radius 1 is 1.03 bits per heavy atom. The van der Waals surface area contributed by atoms with Gasteiger partial charge in [-0.2, -0.15) is 0 Å². The lowest BCUT2D eigenvalue weighted by Crippen LogP contribution is -2.41. The van der Waals surface area contributed by atoms with E-state index in [2.05, 4.69) is 9.88 Å². The maximum absolute atomic E-state index is 13.1. The molecule has 2 fully saturated rings. The van der Waals surface area contributed by atoms with Gasteiger partial charge in [0.2, 0.25) is 0 Å². The molecular formula is C22H23FN4O3. The fraction of sp³-hybridized carbons (Fsp3) is 0.364. The van der Waals surface area contributed by atoms with Crippen LogP contribution in [-0.4, -0.2) is 52.8 Å². The molecule has 1 unspecified atom stereocenters. The minimum Gasteiger partial charge on any atom is -0.443 e. The van der Waals surface area contributed by atoms with Crippen LogP contribution in [0.2, 0.25) is 0 Å². The number of piperidine rings is 1. The third-order valence-corrected chi connectivity index (χ3v) is 6.02. The molecule has 0 spiro atoms. The maximum Gasteiger partial charge on any atom is 0.414 e. The van der Waals surface area contributed by atoms with Crippen LogP contribution in [0, 0.1) is 5.82 Å². The number of carbonyl (C=O) groups excluding carboxylic acids is 1. The zero-order chi connectivity index (χ0) is 20.7. The van der Waals surface area contributed by atoms with Crippen LogP contribution >= 0.6 is 0 Å². The van der Waals surface area contributed by atoms with Gasteiger partial charge in [-0.15, -0.1) is 0 Å². The first-order valence-corrected chi connectivity index (χ1v) is 10.2. The van der Waals surface area contributed by atoms with Gasteiger partial charge in [-0.05, 0) is 49.2 Å². The zero-order valence-corrected chi connectivity index (χ0v) is 16.5. The summed E-state index contributed by atoms with van der Waals surface area (Å²) < 4.78 is 20.5. The molecule has 30 heavy (non-hydrogen) atoms. The molecule has 7 nitrogen and oxygen atoms in total. The number of nitrogens with one attached hydrogen (secondary N) is 1. The van der Waals surface area contributed by atoms with Gasteiger partial charge >= 0.3 is 11.8 Å². The van der Waals surface area contributed by atoms with Crippen molar-refractivity contribution >= 4 is 22.8 Å². The van der Waals surface area contributed by atoms with Gasteiger partial charge in [-0.25, -0.2) is 14.0 Å². The molecule has 2 aromatic carbocycles. The number of benzene rings is 2. The molecule has 0 saturated carbocycles. The van der Waals surface area contributed by atoms with Crippen molar-refractivity contribution in [3.05, 3.63) is 64.8 Å². The number of aromatic nitrogens is 2. The Morgan fingerprint density at radius 2 is 1.77 bits per heavy atom. The zero-order valence-electron chi connectivity index (χ0n) is 16.5. The summed E-state index contributed by atoms with van der Waals surface area (Å²) in [5, 5.41) is 0. The Balaban J connectivity index is 1.20. The summed E-state index contributed by atoms with van der Waals surface area (Å²) in [6.07, 6.45) is 1.11. The van der Waals surface area contributed by atoms with Crippen molar-refractivity contribution in [1.29, 1.82) is 0 Å². The van der Waals surface area contributed by atoms with Crippen molar-refractivity contribution in [3.8, 4) is 0 Å². The summed E-state index contributed by atoms with van der Waals surface area (Å²) in [5.41, 5.74) is 2.39. The number of hydrogen-bond donors (Lipinski definition) is 1. The molecule has 0 bridgehead atoms. The SMILES string of the molecule is O=C1OC(CN2CCC(n3c(=O)[nH]c4ccccc43)CC2)CN1c1ccc(F)cc1. The van der Waals surface area contributed by atoms with E-state index in [0.29, 0.717) is 18.8 Å². The first-order chi connectivity index (χ1) is 14.6. The first-order valence-electron chi connectivity index (χ1n) is 10.2. The van der Waals surface area contributed by atoms with Gasteiger partial charge in [-0.3, -0.25) is 14.4 Å². The van der Waals surface area contributed by atoms with E-state index in [1.54, 1.807) is 17.0 Å². The molecule has 1 amide bonds. The molecule has 2 aliphatic heterocycles. The van der Waals surface area contributed by atoms with Crippen LogP contribution in [-0.2, 0) is 4.74 Å². The average Bonchev–Trinajstić information content (AvgIpc) is 3.28. The topological polar surface area (TPSA) is 70.6 Å². The number of aromatic amines is 1. The number of nitrogens with zero attached hydrogens (tertiary/aromatic N) is 3. The molecule has 3 aromatic rings. The van der Waals surface area contributed by atoms with E-state index in [0.717, 1.165) is 37.0 Å². The van der Waals surface area contributed by atoms with Crippen molar-refractivity contribution in [1.82, 2.24) is 14.5 Å². The molecular weight excluding hydrogens is 387 g/mol. The first kappa shape index (κ1) is 18.9. The number of anilines is 1. The molecule has 1 N–H and O–H groups in total. The standard InChI is InChI=1S/C22H23FN4O3/c23-15-5-7-16(8-6-15)26-14-18(30-22(26)29)13-25-11-9-17(10-12-25)27-20-4-2-1-3-19(20)24-21(27)28/h1-8,17-18H,9-14H2,(H,24,28). The van der Waals surface area contributed by atoms with E-state index in [4.69, 9.17) is 4.74 Å². The van der Waals surface area contributed by atoms with E-state index >= 15 is 0 Å². The van der Waals surface area contributed by atoms with Crippen LogP contribution in [0.25, 0.3) is 11.0 Å². The Bertz CT molecular complexity index is 1120. The predicted octanol–water partition coefficient (Wildman–Crippen LogP) is 3.13. The lowest BCUT2D eigenvalue weighted by Gasteiger charge is -2.33. The van der Waals surface area contributed by atoms with E-state index in [1.807, 2.05) is 28.8 Å². The Labute approximate surface area is 172 Å². The lowest BCUT2D eigenvalue weighted by atomic mass is 10.0. The predicted molar refractivity (Wildman–Crippen MR) is 111 cm³/mol. The molecule has 1 aromatic heterocycles. The highest BCUT2D eigenvalue weighted by molar-refractivity contribution is 5.89. The number of cyclic esters (lactones) is 1. The number of hydrogen-bond acceptors (Lipinski definition) is 4. The summed E-state index contributed by atoms with van der Waals surface area (Å²) in [6, 6.07) is 13.8. The maximum atomic E-state index is 13.1. The summed E-state index contributed by atoms with van der Waals surface area (Å²) in [4.78, 5) is 31.4. The number of para-hydroxylation sites is 2. The van der Waals surface area contributed by atoms with Crippen molar-refractivity contribution in [2.75, 3.05) is 31.1 Å². The average molecular weight is 410 g/mol. The van der Waals surface area contributed by atoms with Crippen LogP contribution in [0.5, 0.6) is 0 Å². The normalized spacial score (nSPS) is 20.8. The van der Waals surface area contributed by atoms with Crippen molar-refractivity contribution in [2.45, 2.75) is 25.0 Å². The van der Waals surface area contributed by atoms with Gasteiger partial charge in [0, 0.05) is 31.4 Å². The van der Waals surface area contributed by atoms with Crippen LogP contribution < -0.4 is 10.6 Å². The van der Waals surface area contributed by atoms with E-state index in [9.17, 15) is 14.0 Å². The second-order valence-electron chi connectivity index (χ2n) is 7.94. The number of fused-ring (bicyclic) bond motifs is 1. The molecule has 0 radical (unpaired) electrons. The highest BCUT2D eigenvalue weighted by Gasteiger charge is 2.34. The second-order valence-corrected chi connectivity index (χ2v) is 7.94.